The Bertz CT molecular complexity index is 1400. The van der Waals surface area contributed by atoms with E-state index in [4.69, 9.17) is 14.2 Å². The summed E-state index contributed by atoms with van der Waals surface area (Å²) in [5.41, 5.74) is 4.23. The Hall–Kier alpha value is -4.05. The summed E-state index contributed by atoms with van der Waals surface area (Å²) in [4.78, 5) is 39.5. The predicted octanol–water partition coefficient (Wildman–Crippen LogP) is 4.48. The summed E-state index contributed by atoms with van der Waals surface area (Å²) in [6.07, 6.45) is 0.139. The number of nitrogens with zero attached hydrogens (tertiary/aromatic N) is 1. The number of carbonyl (C=O) groups excluding carboxylic acids is 3. The summed E-state index contributed by atoms with van der Waals surface area (Å²) in [5.74, 6) is 0.841. The lowest BCUT2D eigenvalue weighted by Gasteiger charge is -2.17. The zero-order valence-corrected chi connectivity index (χ0v) is 23.2. The molecule has 2 aliphatic rings. The second kappa shape index (κ2) is 11.4. The second-order valence-electron chi connectivity index (χ2n) is 9.56. The molecule has 0 spiro atoms. The summed E-state index contributed by atoms with van der Waals surface area (Å²) in [5, 5.41) is 5.81. The largest absolute Gasteiger partial charge is 0.484 e. The van der Waals surface area contributed by atoms with Gasteiger partial charge in [-0.25, -0.2) is 0 Å². The number of carbonyl (C=O) groups is 3. The Kier molecular flexibility index (Phi) is 7.74. The van der Waals surface area contributed by atoms with Gasteiger partial charge in [-0.1, -0.05) is 22.0 Å². The van der Waals surface area contributed by atoms with Crippen LogP contribution in [0.2, 0.25) is 0 Å². The molecular weight excluding hydrogens is 566 g/mol. The third-order valence-corrected chi connectivity index (χ3v) is 7.14. The van der Waals surface area contributed by atoms with Gasteiger partial charge >= 0.3 is 0 Å². The zero-order chi connectivity index (χ0) is 27.5. The third kappa shape index (κ3) is 6.17. The van der Waals surface area contributed by atoms with Crippen LogP contribution in [0.1, 0.15) is 23.1 Å². The minimum absolute atomic E-state index is 0.119. The van der Waals surface area contributed by atoms with Gasteiger partial charge in [-0.05, 0) is 79.1 Å². The van der Waals surface area contributed by atoms with E-state index in [9.17, 15) is 14.4 Å². The van der Waals surface area contributed by atoms with E-state index in [2.05, 4.69) is 26.6 Å². The third-order valence-electron chi connectivity index (χ3n) is 6.68. The average Bonchev–Trinajstić information content (AvgIpc) is 3.54. The van der Waals surface area contributed by atoms with Gasteiger partial charge in [-0.3, -0.25) is 14.4 Å². The molecule has 1 unspecified atom stereocenters. The average molecular weight is 594 g/mol. The van der Waals surface area contributed by atoms with Crippen LogP contribution in [0.3, 0.4) is 0 Å². The standard InChI is InChI=1S/C29H28BrN3O6/c1-17-9-21(30)10-18(2)28(17)32-26(34)15-37-23-6-4-22(5-7-23)33-14-20(12-27(33)35)29(36)31-13-19-3-8-24-25(11-19)39-16-38-24/h3-11,20H,12-16H2,1-2H3,(H,31,36)(H,32,34). The molecule has 0 radical (unpaired) electrons. The Morgan fingerprint density at radius 3 is 2.49 bits per heavy atom. The number of halogens is 1. The van der Waals surface area contributed by atoms with Crippen LogP contribution >= 0.6 is 15.9 Å². The lowest BCUT2D eigenvalue weighted by atomic mass is 10.1. The second-order valence-corrected chi connectivity index (χ2v) is 10.5. The lowest BCUT2D eigenvalue weighted by Crippen LogP contribution is -2.32. The van der Waals surface area contributed by atoms with Crippen LogP contribution in [0.15, 0.2) is 59.1 Å². The van der Waals surface area contributed by atoms with Crippen molar-refractivity contribution in [3.05, 3.63) is 75.8 Å². The highest BCUT2D eigenvalue weighted by Crippen LogP contribution is 2.33. The molecule has 202 valence electrons. The van der Waals surface area contributed by atoms with Crippen LogP contribution < -0.4 is 29.7 Å². The molecule has 9 nitrogen and oxygen atoms in total. The van der Waals surface area contributed by atoms with Crippen LogP contribution in [0.4, 0.5) is 11.4 Å². The highest BCUT2D eigenvalue weighted by molar-refractivity contribution is 9.10. The van der Waals surface area contributed by atoms with Crippen molar-refractivity contribution in [1.29, 1.82) is 0 Å². The molecule has 1 atom stereocenters. The molecule has 0 bridgehead atoms. The fourth-order valence-corrected chi connectivity index (χ4v) is 5.36. The first-order valence-corrected chi connectivity index (χ1v) is 13.3. The van der Waals surface area contributed by atoms with Gasteiger partial charge in [0.15, 0.2) is 18.1 Å². The summed E-state index contributed by atoms with van der Waals surface area (Å²) in [6, 6.07) is 16.3. The van der Waals surface area contributed by atoms with Crippen molar-refractivity contribution >= 4 is 45.0 Å². The maximum Gasteiger partial charge on any atom is 0.262 e. The Labute approximate surface area is 234 Å². The highest BCUT2D eigenvalue weighted by atomic mass is 79.9. The molecule has 3 aromatic rings. The van der Waals surface area contributed by atoms with Crippen LogP contribution in [-0.2, 0) is 20.9 Å². The highest BCUT2D eigenvalue weighted by Gasteiger charge is 2.35. The number of hydrogen-bond donors (Lipinski definition) is 2. The van der Waals surface area contributed by atoms with E-state index in [1.165, 1.54) is 0 Å². The van der Waals surface area contributed by atoms with Gasteiger partial charge in [-0.2, -0.15) is 0 Å². The van der Waals surface area contributed by atoms with E-state index < -0.39 is 5.92 Å². The summed E-state index contributed by atoms with van der Waals surface area (Å²) >= 11 is 3.45. The minimum atomic E-state index is -0.448. The van der Waals surface area contributed by atoms with Crippen molar-refractivity contribution in [1.82, 2.24) is 5.32 Å². The van der Waals surface area contributed by atoms with E-state index in [1.54, 1.807) is 29.2 Å². The molecule has 10 heteroatoms. The van der Waals surface area contributed by atoms with Crippen molar-refractivity contribution < 1.29 is 28.6 Å². The molecule has 2 aliphatic heterocycles. The molecule has 2 N–H and O–H groups in total. The van der Waals surface area contributed by atoms with Gasteiger partial charge in [0.25, 0.3) is 5.91 Å². The van der Waals surface area contributed by atoms with E-state index >= 15 is 0 Å². The fraction of sp³-hybridized carbons (Fsp3) is 0.276. The topological polar surface area (TPSA) is 106 Å². The van der Waals surface area contributed by atoms with E-state index in [0.29, 0.717) is 36.0 Å². The molecule has 0 saturated carbocycles. The van der Waals surface area contributed by atoms with Crippen molar-refractivity contribution in [2.24, 2.45) is 5.92 Å². The number of aryl methyl sites for hydroxylation is 2. The fourth-order valence-electron chi connectivity index (χ4n) is 4.67. The van der Waals surface area contributed by atoms with Crippen molar-refractivity contribution in [2.45, 2.75) is 26.8 Å². The number of rotatable bonds is 8. The van der Waals surface area contributed by atoms with Gasteiger partial charge in [0, 0.05) is 35.4 Å². The number of fused-ring (bicyclic) bond motifs is 1. The number of nitrogens with one attached hydrogen (secondary N) is 2. The van der Waals surface area contributed by atoms with Gasteiger partial charge in [0.1, 0.15) is 5.75 Å². The normalized spacial score (nSPS) is 15.8. The maximum absolute atomic E-state index is 12.8. The molecule has 1 saturated heterocycles. The van der Waals surface area contributed by atoms with Crippen LogP contribution in [0.5, 0.6) is 17.2 Å². The molecule has 2 heterocycles. The Morgan fingerprint density at radius 1 is 1.03 bits per heavy atom. The van der Waals surface area contributed by atoms with Crippen molar-refractivity contribution in [2.75, 3.05) is 30.2 Å². The summed E-state index contributed by atoms with van der Waals surface area (Å²) < 4.78 is 17.3. The minimum Gasteiger partial charge on any atom is -0.484 e. The van der Waals surface area contributed by atoms with Gasteiger partial charge in [0.2, 0.25) is 18.6 Å². The first-order chi connectivity index (χ1) is 18.8. The Balaban J connectivity index is 1.11. The molecule has 39 heavy (non-hydrogen) atoms. The van der Waals surface area contributed by atoms with E-state index in [-0.39, 0.29) is 37.5 Å². The quantitative estimate of drug-likeness (QED) is 0.399. The molecule has 3 amide bonds. The number of benzene rings is 3. The molecule has 0 aromatic heterocycles. The van der Waals surface area contributed by atoms with Crippen molar-refractivity contribution in [3.63, 3.8) is 0 Å². The monoisotopic (exact) mass is 593 g/mol. The summed E-state index contributed by atoms with van der Waals surface area (Å²) in [7, 11) is 0. The number of amides is 3. The summed E-state index contributed by atoms with van der Waals surface area (Å²) in [6.45, 7) is 4.53. The molecule has 0 aliphatic carbocycles. The van der Waals surface area contributed by atoms with E-state index in [0.717, 1.165) is 26.9 Å². The maximum atomic E-state index is 12.8. The molecule has 5 rings (SSSR count). The van der Waals surface area contributed by atoms with Crippen LogP contribution in [-0.4, -0.2) is 37.7 Å². The Morgan fingerprint density at radius 2 is 1.74 bits per heavy atom. The smallest absolute Gasteiger partial charge is 0.262 e. The number of hydrogen-bond acceptors (Lipinski definition) is 6. The lowest BCUT2D eigenvalue weighted by molar-refractivity contribution is -0.126. The van der Waals surface area contributed by atoms with Crippen LogP contribution in [0, 0.1) is 19.8 Å². The predicted molar refractivity (Wildman–Crippen MR) is 149 cm³/mol. The van der Waals surface area contributed by atoms with Crippen LogP contribution in [0.25, 0.3) is 0 Å². The van der Waals surface area contributed by atoms with Crippen molar-refractivity contribution in [3.8, 4) is 17.2 Å². The van der Waals surface area contributed by atoms with E-state index in [1.807, 2.05) is 44.2 Å². The van der Waals surface area contributed by atoms with Gasteiger partial charge in [-0.15, -0.1) is 0 Å². The molecule has 1 fully saturated rings. The molecular formula is C29H28BrN3O6. The first-order valence-electron chi connectivity index (χ1n) is 12.5. The SMILES string of the molecule is Cc1cc(Br)cc(C)c1NC(=O)COc1ccc(N2CC(C(=O)NCc3ccc4c(c3)OCO4)CC2=O)cc1. The number of ether oxygens (including phenoxy) is 3. The first kappa shape index (κ1) is 26.6. The van der Waals surface area contributed by atoms with Gasteiger partial charge in [0.05, 0.1) is 5.92 Å². The van der Waals surface area contributed by atoms with Gasteiger partial charge < -0.3 is 29.7 Å². The molecule has 3 aromatic carbocycles. The number of anilines is 2. The zero-order valence-electron chi connectivity index (χ0n) is 21.6.